The fourth-order valence-electron chi connectivity index (χ4n) is 1.72. The van der Waals surface area contributed by atoms with Crippen molar-refractivity contribution in [3.8, 4) is 5.75 Å². The van der Waals surface area contributed by atoms with Gasteiger partial charge in [-0.2, -0.15) is 13.2 Å². The third kappa shape index (κ3) is 3.87. The molecule has 1 rings (SSSR count). The van der Waals surface area contributed by atoms with Crippen LogP contribution in [-0.2, 0) is 20.5 Å². The van der Waals surface area contributed by atoms with E-state index in [1.807, 2.05) is 0 Å². The number of rotatable bonds is 5. The molecule has 0 radical (unpaired) electrons. The Balaban J connectivity index is 3.41. The number of carbonyl (C=O) groups excluding carboxylic acids is 1. The SMILES string of the molecule is CCOC(=O)C(C(=O)O)c1cc(C(F)(F)F)ccc1OC. The predicted molar refractivity (Wildman–Crippen MR) is 65.0 cm³/mol. The zero-order valence-electron chi connectivity index (χ0n) is 11.2. The fraction of sp³-hybridized carbons (Fsp3) is 0.385. The monoisotopic (exact) mass is 306 g/mol. The molecular formula is C13H13F3O5. The van der Waals surface area contributed by atoms with E-state index in [0.29, 0.717) is 6.07 Å². The zero-order chi connectivity index (χ0) is 16.2. The second kappa shape index (κ2) is 6.47. The van der Waals surface area contributed by atoms with Gasteiger partial charge in [0, 0.05) is 5.56 Å². The van der Waals surface area contributed by atoms with E-state index in [0.717, 1.165) is 19.2 Å². The minimum Gasteiger partial charge on any atom is -0.496 e. The summed E-state index contributed by atoms with van der Waals surface area (Å²) in [6, 6.07) is 2.29. The van der Waals surface area contributed by atoms with Crippen LogP contribution in [0.4, 0.5) is 13.2 Å². The van der Waals surface area contributed by atoms with E-state index in [4.69, 9.17) is 9.84 Å². The first-order valence-corrected chi connectivity index (χ1v) is 5.87. The molecule has 1 unspecified atom stereocenters. The maximum absolute atomic E-state index is 12.7. The molecule has 1 N–H and O–H groups in total. The number of carboxylic acid groups (broad SMARTS) is 1. The van der Waals surface area contributed by atoms with Gasteiger partial charge in [-0.3, -0.25) is 9.59 Å². The van der Waals surface area contributed by atoms with Crippen LogP contribution in [-0.4, -0.2) is 30.8 Å². The third-order valence-corrected chi connectivity index (χ3v) is 2.64. The minimum absolute atomic E-state index is 0.0934. The van der Waals surface area contributed by atoms with Gasteiger partial charge in [-0.1, -0.05) is 0 Å². The number of ether oxygens (including phenoxy) is 2. The summed E-state index contributed by atoms with van der Waals surface area (Å²) < 4.78 is 47.6. The number of carbonyl (C=O) groups is 2. The lowest BCUT2D eigenvalue weighted by Crippen LogP contribution is -2.25. The maximum atomic E-state index is 12.7. The number of methoxy groups -OCH3 is 1. The van der Waals surface area contributed by atoms with Crippen LogP contribution < -0.4 is 4.74 Å². The van der Waals surface area contributed by atoms with Crippen molar-refractivity contribution >= 4 is 11.9 Å². The first-order valence-electron chi connectivity index (χ1n) is 5.87. The van der Waals surface area contributed by atoms with Gasteiger partial charge in [0.2, 0.25) is 0 Å². The molecule has 0 aliphatic rings. The normalized spacial score (nSPS) is 12.6. The molecular weight excluding hydrogens is 293 g/mol. The lowest BCUT2D eigenvalue weighted by Gasteiger charge is -2.17. The van der Waals surface area contributed by atoms with Crippen molar-refractivity contribution in [1.82, 2.24) is 0 Å². The smallest absolute Gasteiger partial charge is 0.416 e. The number of benzene rings is 1. The summed E-state index contributed by atoms with van der Waals surface area (Å²) >= 11 is 0. The van der Waals surface area contributed by atoms with Gasteiger partial charge in [-0.15, -0.1) is 0 Å². The van der Waals surface area contributed by atoms with Gasteiger partial charge >= 0.3 is 18.1 Å². The van der Waals surface area contributed by atoms with Gasteiger partial charge in [0.1, 0.15) is 5.75 Å². The highest BCUT2D eigenvalue weighted by atomic mass is 19.4. The molecule has 1 atom stereocenters. The first kappa shape index (κ1) is 16.8. The molecule has 1 aromatic carbocycles. The maximum Gasteiger partial charge on any atom is 0.416 e. The van der Waals surface area contributed by atoms with E-state index >= 15 is 0 Å². The van der Waals surface area contributed by atoms with Crippen LogP contribution in [0.1, 0.15) is 24.0 Å². The quantitative estimate of drug-likeness (QED) is 0.668. The van der Waals surface area contributed by atoms with E-state index in [-0.39, 0.29) is 12.4 Å². The number of halogens is 3. The van der Waals surface area contributed by atoms with Crippen LogP contribution in [0, 0.1) is 0 Å². The molecule has 1 aromatic rings. The lowest BCUT2D eigenvalue weighted by atomic mass is 9.96. The molecule has 21 heavy (non-hydrogen) atoms. The average Bonchev–Trinajstić information content (AvgIpc) is 2.37. The predicted octanol–water partition coefficient (Wildman–Crippen LogP) is 2.45. The molecule has 0 heterocycles. The Labute approximate surface area is 118 Å². The highest BCUT2D eigenvalue weighted by Gasteiger charge is 2.36. The van der Waals surface area contributed by atoms with Crippen molar-refractivity contribution in [3.63, 3.8) is 0 Å². The molecule has 0 spiro atoms. The van der Waals surface area contributed by atoms with Crippen LogP contribution in [0.3, 0.4) is 0 Å². The van der Waals surface area contributed by atoms with E-state index in [9.17, 15) is 22.8 Å². The lowest BCUT2D eigenvalue weighted by molar-refractivity contribution is -0.154. The summed E-state index contributed by atoms with van der Waals surface area (Å²) in [5.41, 5.74) is -1.48. The van der Waals surface area contributed by atoms with Gasteiger partial charge in [-0.25, -0.2) is 0 Å². The second-order valence-corrected chi connectivity index (χ2v) is 3.98. The first-order chi connectivity index (χ1) is 9.72. The molecule has 0 aliphatic heterocycles. The molecule has 8 heteroatoms. The number of carboxylic acids is 1. The average molecular weight is 306 g/mol. The molecule has 0 saturated carbocycles. The molecule has 0 amide bonds. The van der Waals surface area contributed by atoms with E-state index < -0.39 is 35.2 Å². The van der Waals surface area contributed by atoms with Gasteiger partial charge in [0.15, 0.2) is 5.92 Å². The van der Waals surface area contributed by atoms with Crippen molar-refractivity contribution < 1.29 is 37.3 Å². The fourth-order valence-corrected chi connectivity index (χ4v) is 1.72. The molecule has 0 bridgehead atoms. The summed E-state index contributed by atoms with van der Waals surface area (Å²) in [5, 5.41) is 9.10. The summed E-state index contributed by atoms with van der Waals surface area (Å²) in [4.78, 5) is 22.9. The van der Waals surface area contributed by atoms with Crippen molar-refractivity contribution in [2.75, 3.05) is 13.7 Å². The topological polar surface area (TPSA) is 72.8 Å². The summed E-state index contributed by atoms with van der Waals surface area (Å²) in [6.45, 7) is 1.37. The summed E-state index contributed by atoms with van der Waals surface area (Å²) in [6.07, 6.45) is -4.67. The molecule has 0 aliphatic carbocycles. The third-order valence-electron chi connectivity index (χ3n) is 2.64. The van der Waals surface area contributed by atoms with Gasteiger partial charge in [0.05, 0.1) is 19.3 Å². The second-order valence-electron chi connectivity index (χ2n) is 3.98. The van der Waals surface area contributed by atoms with Crippen LogP contribution in [0.25, 0.3) is 0 Å². The van der Waals surface area contributed by atoms with E-state index in [1.54, 1.807) is 0 Å². The Morgan fingerprint density at radius 1 is 1.33 bits per heavy atom. The van der Waals surface area contributed by atoms with Crippen LogP contribution in [0.2, 0.25) is 0 Å². The van der Waals surface area contributed by atoms with E-state index in [2.05, 4.69) is 4.74 Å². The van der Waals surface area contributed by atoms with Crippen molar-refractivity contribution in [2.45, 2.75) is 19.0 Å². The number of hydrogen-bond acceptors (Lipinski definition) is 4. The van der Waals surface area contributed by atoms with Gasteiger partial charge in [-0.05, 0) is 25.1 Å². The Hall–Kier alpha value is -2.25. The highest BCUT2D eigenvalue weighted by molar-refractivity contribution is 6.00. The molecule has 0 fully saturated rings. The molecule has 116 valence electrons. The van der Waals surface area contributed by atoms with Crippen LogP contribution in [0.5, 0.6) is 5.75 Å². The van der Waals surface area contributed by atoms with Crippen LogP contribution in [0.15, 0.2) is 18.2 Å². The summed E-state index contributed by atoms with van der Waals surface area (Å²) in [5.74, 6) is -4.79. The van der Waals surface area contributed by atoms with Crippen molar-refractivity contribution in [2.24, 2.45) is 0 Å². The zero-order valence-corrected chi connectivity index (χ0v) is 11.2. The van der Waals surface area contributed by atoms with Crippen molar-refractivity contribution in [1.29, 1.82) is 0 Å². The van der Waals surface area contributed by atoms with Gasteiger partial charge in [0.25, 0.3) is 0 Å². The Morgan fingerprint density at radius 3 is 2.38 bits per heavy atom. The number of esters is 1. The number of hydrogen-bond donors (Lipinski definition) is 1. The minimum atomic E-state index is -4.67. The Bertz CT molecular complexity index is 539. The van der Waals surface area contributed by atoms with Gasteiger partial charge < -0.3 is 14.6 Å². The highest BCUT2D eigenvalue weighted by Crippen LogP contribution is 2.36. The summed E-state index contributed by atoms with van der Waals surface area (Å²) in [7, 11) is 1.16. The molecule has 0 saturated heterocycles. The largest absolute Gasteiger partial charge is 0.496 e. The Kier molecular flexibility index (Phi) is 5.17. The Morgan fingerprint density at radius 2 is 1.95 bits per heavy atom. The number of aliphatic carboxylic acids is 1. The molecule has 5 nitrogen and oxygen atoms in total. The standard InChI is InChI=1S/C13H13F3O5/c1-3-21-12(19)10(11(17)18)8-6-7(13(14,15)16)4-5-9(8)20-2/h4-6,10H,3H2,1-2H3,(H,17,18). The molecule has 0 aromatic heterocycles. The number of alkyl halides is 3. The van der Waals surface area contributed by atoms with E-state index in [1.165, 1.54) is 6.92 Å². The van der Waals surface area contributed by atoms with Crippen LogP contribution >= 0.6 is 0 Å². The van der Waals surface area contributed by atoms with Crippen molar-refractivity contribution in [3.05, 3.63) is 29.3 Å².